The number of benzene rings is 1. The Labute approximate surface area is 128 Å². The molecule has 0 amide bonds. The van der Waals surface area contributed by atoms with E-state index in [1.54, 1.807) is 0 Å². The summed E-state index contributed by atoms with van der Waals surface area (Å²) in [4.78, 5) is 7.34. The van der Waals surface area contributed by atoms with E-state index in [9.17, 15) is 0 Å². The summed E-state index contributed by atoms with van der Waals surface area (Å²) < 4.78 is 2.30. The molecular formula is C17H28N4. The average molecular weight is 288 g/mol. The lowest BCUT2D eigenvalue weighted by molar-refractivity contribution is 0.222. The molecule has 0 aliphatic carbocycles. The molecule has 2 aromatic rings. The van der Waals surface area contributed by atoms with Gasteiger partial charge in [-0.05, 0) is 57.1 Å². The molecule has 0 aliphatic heterocycles. The molecule has 2 rings (SSSR count). The Hall–Kier alpha value is -1.39. The maximum Gasteiger partial charge on any atom is 0.127 e. The van der Waals surface area contributed by atoms with Crippen LogP contribution >= 0.6 is 0 Å². The smallest absolute Gasteiger partial charge is 0.127 e. The number of aryl methyl sites for hydroxylation is 2. The quantitative estimate of drug-likeness (QED) is 0.889. The highest BCUT2D eigenvalue weighted by molar-refractivity contribution is 5.78. The van der Waals surface area contributed by atoms with Gasteiger partial charge in [-0.2, -0.15) is 0 Å². The normalized spacial score (nSPS) is 13.3. The third-order valence-electron chi connectivity index (χ3n) is 4.48. The van der Waals surface area contributed by atoms with Gasteiger partial charge < -0.3 is 10.3 Å². The summed E-state index contributed by atoms with van der Waals surface area (Å²) in [5.74, 6) is 1.13. The fourth-order valence-electron chi connectivity index (χ4n) is 3.02. The van der Waals surface area contributed by atoms with Crippen LogP contribution in [-0.2, 0) is 6.54 Å². The Morgan fingerprint density at radius 2 is 1.81 bits per heavy atom. The molecule has 2 N–H and O–H groups in total. The molecule has 1 heterocycles. The summed E-state index contributed by atoms with van der Waals surface area (Å²) in [5, 5.41) is 0. The second-order valence-corrected chi connectivity index (χ2v) is 5.73. The molecular weight excluding hydrogens is 260 g/mol. The van der Waals surface area contributed by atoms with Crippen LogP contribution in [0.15, 0.2) is 12.1 Å². The first-order valence-corrected chi connectivity index (χ1v) is 7.94. The summed E-state index contributed by atoms with van der Waals surface area (Å²) in [6.07, 6.45) is 0. The third-order valence-corrected chi connectivity index (χ3v) is 4.48. The standard InChI is InChI=1S/C17H28N4/c1-6-20(7-2)14(5)17-19-15-10-12(3)13(4)11-16(15)21(17)9-8-18/h10-11,14H,6-9,18H2,1-5H3. The van der Waals surface area contributed by atoms with Gasteiger partial charge in [0.1, 0.15) is 5.82 Å². The van der Waals surface area contributed by atoms with Crippen molar-refractivity contribution >= 4 is 11.0 Å². The topological polar surface area (TPSA) is 47.1 Å². The van der Waals surface area contributed by atoms with Crippen LogP contribution in [0.2, 0.25) is 0 Å². The van der Waals surface area contributed by atoms with Gasteiger partial charge in [-0.15, -0.1) is 0 Å². The van der Waals surface area contributed by atoms with Crippen LogP contribution in [0.3, 0.4) is 0 Å². The molecule has 0 fully saturated rings. The monoisotopic (exact) mass is 288 g/mol. The zero-order valence-electron chi connectivity index (χ0n) is 14.0. The van der Waals surface area contributed by atoms with Crippen LogP contribution < -0.4 is 5.73 Å². The molecule has 1 atom stereocenters. The van der Waals surface area contributed by atoms with E-state index in [-0.39, 0.29) is 0 Å². The van der Waals surface area contributed by atoms with Gasteiger partial charge in [0, 0.05) is 13.1 Å². The van der Waals surface area contributed by atoms with E-state index < -0.39 is 0 Å². The summed E-state index contributed by atoms with van der Waals surface area (Å²) in [6, 6.07) is 4.74. The van der Waals surface area contributed by atoms with Gasteiger partial charge in [0.05, 0.1) is 17.1 Å². The highest BCUT2D eigenvalue weighted by Gasteiger charge is 2.20. The maximum absolute atomic E-state index is 5.83. The Balaban J connectivity index is 2.59. The molecule has 0 bridgehead atoms. The molecule has 1 unspecified atom stereocenters. The van der Waals surface area contributed by atoms with Gasteiger partial charge in [-0.1, -0.05) is 13.8 Å². The number of hydrogen-bond donors (Lipinski definition) is 1. The Morgan fingerprint density at radius 3 is 2.38 bits per heavy atom. The van der Waals surface area contributed by atoms with Crippen molar-refractivity contribution in [2.45, 2.75) is 47.2 Å². The van der Waals surface area contributed by atoms with Crippen LogP contribution in [0.25, 0.3) is 11.0 Å². The molecule has 0 saturated carbocycles. The van der Waals surface area contributed by atoms with E-state index >= 15 is 0 Å². The van der Waals surface area contributed by atoms with Gasteiger partial charge >= 0.3 is 0 Å². The van der Waals surface area contributed by atoms with Crippen molar-refractivity contribution in [2.24, 2.45) is 5.73 Å². The summed E-state index contributed by atoms with van der Waals surface area (Å²) in [7, 11) is 0. The van der Waals surface area contributed by atoms with Crippen LogP contribution in [0.1, 0.15) is 43.8 Å². The summed E-state index contributed by atoms with van der Waals surface area (Å²) in [6.45, 7) is 14.4. The maximum atomic E-state index is 5.83. The first kappa shape index (κ1) is 16.0. The molecule has 0 radical (unpaired) electrons. The number of imidazole rings is 1. The Bertz CT molecular complexity index is 611. The van der Waals surface area contributed by atoms with Crippen LogP contribution in [0.4, 0.5) is 0 Å². The van der Waals surface area contributed by atoms with Crippen molar-refractivity contribution in [1.82, 2.24) is 14.5 Å². The van der Waals surface area contributed by atoms with Crippen LogP contribution in [0.5, 0.6) is 0 Å². The molecule has 1 aromatic heterocycles. The minimum absolute atomic E-state index is 0.305. The van der Waals surface area contributed by atoms with Gasteiger partial charge in [0.15, 0.2) is 0 Å². The third kappa shape index (κ3) is 2.97. The number of nitrogens with zero attached hydrogens (tertiary/aromatic N) is 3. The number of fused-ring (bicyclic) bond motifs is 1. The molecule has 4 nitrogen and oxygen atoms in total. The highest BCUT2D eigenvalue weighted by Crippen LogP contribution is 2.26. The Morgan fingerprint density at radius 1 is 1.19 bits per heavy atom. The zero-order valence-corrected chi connectivity index (χ0v) is 14.0. The van der Waals surface area contributed by atoms with E-state index in [0.29, 0.717) is 12.6 Å². The molecule has 21 heavy (non-hydrogen) atoms. The lowest BCUT2D eigenvalue weighted by Crippen LogP contribution is -2.29. The van der Waals surface area contributed by atoms with Crippen LogP contribution in [-0.4, -0.2) is 34.1 Å². The molecule has 116 valence electrons. The fraction of sp³-hybridized carbons (Fsp3) is 0.588. The minimum atomic E-state index is 0.305. The van der Waals surface area contributed by atoms with Crippen LogP contribution in [0, 0.1) is 13.8 Å². The second kappa shape index (κ2) is 6.58. The van der Waals surface area contributed by atoms with Gasteiger partial charge in [-0.3, -0.25) is 4.90 Å². The fourth-order valence-corrected chi connectivity index (χ4v) is 3.02. The predicted molar refractivity (Wildman–Crippen MR) is 89.6 cm³/mol. The van der Waals surface area contributed by atoms with Gasteiger partial charge in [-0.25, -0.2) is 4.98 Å². The van der Waals surface area contributed by atoms with Crippen molar-refractivity contribution in [3.63, 3.8) is 0 Å². The lowest BCUT2D eigenvalue weighted by Gasteiger charge is -2.26. The van der Waals surface area contributed by atoms with E-state index in [2.05, 4.69) is 56.2 Å². The van der Waals surface area contributed by atoms with Crippen molar-refractivity contribution < 1.29 is 0 Å². The zero-order chi connectivity index (χ0) is 15.6. The number of aromatic nitrogens is 2. The largest absolute Gasteiger partial charge is 0.329 e. The Kier molecular flexibility index (Phi) is 5.01. The van der Waals surface area contributed by atoms with Gasteiger partial charge in [0.2, 0.25) is 0 Å². The minimum Gasteiger partial charge on any atom is -0.329 e. The average Bonchev–Trinajstić information content (AvgIpc) is 2.79. The summed E-state index contributed by atoms with van der Waals surface area (Å²) >= 11 is 0. The van der Waals surface area contributed by atoms with Crippen molar-refractivity contribution in [3.05, 3.63) is 29.1 Å². The second-order valence-electron chi connectivity index (χ2n) is 5.73. The SMILES string of the molecule is CCN(CC)C(C)c1nc2cc(C)c(C)cc2n1CCN. The highest BCUT2D eigenvalue weighted by atomic mass is 15.2. The first-order chi connectivity index (χ1) is 10.0. The van der Waals surface area contributed by atoms with E-state index in [1.807, 2.05) is 0 Å². The van der Waals surface area contributed by atoms with E-state index in [4.69, 9.17) is 10.7 Å². The van der Waals surface area contributed by atoms with Crippen molar-refractivity contribution in [1.29, 1.82) is 0 Å². The molecule has 0 spiro atoms. The first-order valence-electron chi connectivity index (χ1n) is 7.94. The number of hydrogen-bond acceptors (Lipinski definition) is 3. The summed E-state index contributed by atoms with van der Waals surface area (Å²) in [5.41, 5.74) is 10.7. The number of nitrogens with two attached hydrogens (primary N) is 1. The van der Waals surface area contributed by atoms with E-state index in [1.165, 1.54) is 16.6 Å². The lowest BCUT2D eigenvalue weighted by atomic mass is 10.1. The van der Waals surface area contributed by atoms with Crippen molar-refractivity contribution in [3.8, 4) is 0 Å². The van der Waals surface area contributed by atoms with E-state index in [0.717, 1.165) is 31.0 Å². The molecule has 1 aromatic carbocycles. The predicted octanol–water partition coefficient (Wildman–Crippen LogP) is 3.01. The van der Waals surface area contributed by atoms with Crippen molar-refractivity contribution in [2.75, 3.05) is 19.6 Å². The molecule has 0 saturated heterocycles. The molecule has 0 aliphatic rings. The van der Waals surface area contributed by atoms with Gasteiger partial charge in [0.25, 0.3) is 0 Å². The molecule has 4 heteroatoms. The number of rotatable bonds is 6.